The first-order chi connectivity index (χ1) is 12.7. The van der Waals surface area contributed by atoms with Crippen molar-refractivity contribution in [1.82, 2.24) is 15.3 Å². The number of rotatable bonds is 7. The fraction of sp³-hybridized carbons (Fsp3) is 0.400. The van der Waals surface area contributed by atoms with Gasteiger partial charge in [0.2, 0.25) is 5.91 Å². The molecule has 2 heterocycles. The minimum atomic E-state index is -0.588. The number of anilines is 1. The summed E-state index contributed by atoms with van der Waals surface area (Å²) in [6, 6.07) is 1.84. The van der Waals surface area contributed by atoms with Crippen molar-refractivity contribution in [3.63, 3.8) is 0 Å². The maximum absolute atomic E-state index is 12.7. The average Bonchev–Trinajstić information content (AvgIpc) is 2.61. The van der Waals surface area contributed by atoms with Crippen LogP contribution in [0.2, 0.25) is 0 Å². The Bertz CT molecular complexity index is 848. The molecule has 27 heavy (non-hydrogen) atoms. The number of hydrogen-bond donors (Lipinski definition) is 3. The van der Waals surface area contributed by atoms with Gasteiger partial charge in [-0.25, -0.2) is 0 Å². The lowest BCUT2D eigenvalue weighted by molar-refractivity contribution is -0.117. The number of pyridine rings is 2. The summed E-state index contributed by atoms with van der Waals surface area (Å²) in [5, 5.41) is 2.58. The number of nitrogens with one attached hydrogen (secondary N) is 1. The standard InChI is InChI=1S/C20H27N5O2/c1-11(2)14-5-6-24-17(19(14)20(27)25-10-18(22)26)7-12(3)15-8-23-9-16(21)13(15)4/h5-6,8-9,11-12H,7,10,21H2,1-4H3,(H2,22,26)(H,25,27). The number of hydrogen-bond acceptors (Lipinski definition) is 5. The van der Waals surface area contributed by atoms with E-state index in [4.69, 9.17) is 11.5 Å². The van der Waals surface area contributed by atoms with Gasteiger partial charge in [0.15, 0.2) is 0 Å². The first-order valence-electron chi connectivity index (χ1n) is 8.96. The molecule has 1 unspecified atom stereocenters. The van der Waals surface area contributed by atoms with Crippen LogP contribution in [0.15, 0.2) is 24.7 Å². The topological polar surface area (TPSA) is 124 Å². The van der Waals surface area contributed by atoms with E-state index in [1.807, 2.05) is 26.8 Å². The maximum Gasteiger partial charge on any atom is 0.253 e. The highest BCUT2D eigenvalue weighted by atomic mass is 16.2. The monoisotopic (exact) mass is 369 g/mol. The number of carbonyl (C=O) groups is 2. The Morgan fingerprint density at radius 3 is 2.52 bits per heavy atom. The van der Waals surface area contributed by atoms with Gasteiger partial charge in [-0.05, 0) is 47.9 Å². The van der Waals surface area contributed by atoms with Gasteiger partial charge < -0.3 is 16.8 Å². The molecule has 0 radical (unpaired) electrons. The molecule has 144 valence electrons. The third kappa shape index (κ3) is 4.81. The van der Waals surface area contributed by atoms with Crippen LogP contribution < -0.4 is 16.8 Å². The molecule has 0 bridgehead atoms. The van der Waals surface area contributed by atoms with E-state index in [2.05, 4.69) is 22.2 Å². The number of nitrogens with two attached hydrogens (primary N) is 2. The molecule has 2 amide bonds. The van der Waals surface area contributed by atoms with E-state index in [1.165, 1.54) is 0 Å². The first kappa shape index (κ1) is 20.4. The lowest BCUT2D eigenvalue weighted by Crippen LogP contribution is -2.34. The van der Waals surface area contributed by atoms with Crippen LogP contribution in [0.5, 0.6) is 0 Å². The van der Waals surface area contributed by atoms with E-state index in [9.17, 15) is 9.59 Å². The SMILES string of the molecule is Cc1c(N)cncc1C(C)Cc1nccc(C(C)C)c1C(=O)NCC(N)=O. The van der Waals surface area contributed by atoms with E-state index in [1.54, 1.807) is 18.6 Å². The molecule has 0 saturated heterocycles. The summed E-state index contributed by atoms with van der Waals surface area (Å²) in [6.07, 6.45) is 5.69. The van der Waals surface area contributed by atoms with Crippen molar-refractivity contribution in [2.75, 3.05) is 12.3 Å². The Morgan fingerprint density at radius 2 is 1.89 bits per heavy atom. The molecule has 0 saturated carbocycles. The summed E-state index contributed by atoms with van der Waals surface area (Å²) in [5.41, 5.74) is 15.9. The van der Waals surface area contributed by atoms with Gasteiger partial charge in [0.1, 0.15) is 0 Å². The summed E-state index contributed by atoms with van der Waals surface area (Å²) in [5.74, 6) is -0.726. The first-order valence-corrected chi connectivity index (χ1v) is 8.96. The predicted octanol–water partition coefficient (Wildman–Crippen LogP) is 2.05. The number of aromatic nitrogens is 2. The predicted molar refractivity (Wildman–Crippen MR) is 105 cm³/mol. The number of carbonyl (C=O) groups excluding carboxylic acids is 2. The van der Waals surface area contributed by atoms with Crippen molar-refractivity contribution in [1.29, 1.82) is 0 Å². The van der Waals surface area contributed by atoms with E-state index in [-0.39, 0.29) is 24.3 Å². The summed E-state index contributed by atoms with van der Waals surface area (Å²) < 4.78 is 0. The minimum Gasteiger partial charge on any atom is -0.397 e. The molecule has 0 aromatic carbocycles. The molecule has 0 spiro atoms. The Hall–Kier alpha value is -2.96. The average molecular weight is 369 g/mol. The molecule has 5 N–H and O–H groups in total. The van der Waals surface area contributed by atoms with Crippen molar-refractivity contribution in [2.24, 2.45) is 5.73 Å². The minimum absolute atomic E-state index is 0.0682. The molecule has 1 atom stereocenters. The van der Waals surface area contributed by atoms with Crippen molar-refractivity contribution in [2.45, 2.75) is 46.0 Å². The highest BCUT2D eigenvalue weighted by Crippen LogP contribution is 2.28. The maximum atomic E-state index is 12.7. The summed E-state index contributed by atoms with van der Waals surface area (Å²) in [7, 11) is 0. The highest BCUT2D eigenvalue weighted by Gasteiger charge is 2.22. The van der Waals surface area contributed by atoms with Crippen LogP contribution in [0.4, 0.5) is 5.69 Å². The van der Waals surface area contributed by atoms with Crippen LogP contribution in [0, 0.1) is 6.92 Å². The van der Waals surface area contributed by atoms with Gasteiger partial charge in [-0.1, -0.05) is 20.8 Å². The van der Waals surface area contributed by atoms with Crippen LogP contribution in [0.3, 0.4) is 0 Å². The molecule has 0 aliphatic carbocycles. The lowest BCUT2D eigenvalue weighted by atomic mass is 9.89. The quantitative estimate of drug-likeness (QED) is 0.689. The molecule has 2 aromatic rings. The fourth-order valence-electron chi connectivity index (χ4n) is 3.13. The Kier molecular flexibility index (Phi) is 6.50. The second-order valence-electron chi connectivity index (χ2n) is 7.07. The molecule has 2 aromatic heterocycles. The zero-order valence-electron chi connectivity index (χ0n) is 16.2. The number of primary amides is 1. The van der Waals surface area contributed by atoms with Gasteiger partial charge in [-0.2, -0.15) is 0 Å². The normalized spacial score (nSPS) is 12.0. The Labute approximate surface area is 159 Å². The van der Waals surface area contributed by atoms with Crippen molar-refractivity contribution < 1.29 is 9.59 Å². The molecule has 7 heteroatoms. The Morgan fingerprint density at radius 1 is 1.19 bits per heavy atom. The largest absolute Gasteiger partial charge is 0.397 e. The third-order valence-corrected chi connectivity index (χ3v) is 4.66. The van der Waals surface area contributed by atoms with Crippen LogP contribution in [-0.4, -0.2) is 28.3 Å². The lowest BCUT2D eigenvalue weighted by Gasteiger charge is -2.19. The summed E-state index contributed by atoms with van der Waals surface area (Å²) in [4.78, 5) is 32.4. The summed E-state index contributed by atoms with van der Waals surface area (Å²) in [6.45, 7) is 7.83. The fourth-order valence-corrected chi connectivity index (χ4v) is 3.13. The van der Waals surface area contributed by atoms with Crippen LogP contribution in [0.1, 0.15) is 65.3 Å². The highest BCUT2D eigenvalue weighted by molar-refractivity contribution is 5.98. The summed E-state index contributed by atoms with van der Waals surface area (Å²) >= 11 is 0. The second kappa shape index (κ2) is 8.62. The van der Waals surface area contributed by atoms with Crippen LogP contribution in [0.25, 0.3) is 0 Å². The number of amides is 2. The molecular weight excluding hydrogens is 342 g/mol. The molecule has 0 aliphatic heterocycles. The smallest absolute Gasteiger partial charge is 0.253 e. The van der Waals surface area contributed by atoms with Gasteiger partial charge in [0.25, 0.3) is 5.91 Å². The van der Waals surface area contributed by atoms with Gasteiger partial charge in [0, 0.05) is 12.4 Å². The molecule has 0 aliphatic rings. The molecule has 7 nitrogen and oxygen atoms in total. The molecular formula is C20H27N5O2. The van der Waals surface area contributed by atoms with Gasteiger partial charge >= 0.3 is 0 Å². The zero-order chi connectivity index (χ0) is 20.1. The van der Waals surface area contributed by atoms with Crippen LogP contribution >= 0.6 is 0 Å². The Balaban J connectivity index is 2.40. The van der Waals surface area contributed by atoms with E-state index >= 15 is 0 Å². The third-order valence-electron chi connectivity index (χ3n) is 4.66. The van der Waals surface area contributed by atoms with Crippen molar-refractivity contribution in [3.8, 4) is 0 Å². The van der Waals surface area contributed by atoms with Gasteiger partial charge in [-0.15, -0.1) is 0 Å². The van der Waals surface area contributed by atoms with Gasteiger partial charge in [0.05, 0.1) is 29.7 Å². The molecule has 2 rings (SSSR count). The van der Waals surface area contributed by atoms with E-state index in [0.29, 0.717) is 23.4 Å². The van der Waals surface area contributed by atoms with E-state index in [0.717, 1.165) is 16.7 Å². The second-order valence-corrected chi connectivity index (χ2v) is 7.07. The number of nitrogens with zero attached hydrogens (tertiary/aromatic N) is 2. The van der Waals surface area contributed by atoms with Crippen molar-refractivity contribution >= 4 is 17.5 Å². The number of nitrogen functional groups attached to an aromatic ring is 1. The zero-order valence-corrected chi connectivity index (χ0v) is 16.2. The molecule has 0 fully saturated rings. The van der Waals surface area contributed by atoms with Gasteiger partial charge in [-0.3, -0.25) is 19.6 Å². The van der Waals surface area contributed by atoms with E-state index < -0.39 is 5.91 Å². The van der Waals surface area contributed by atoms with Crippen molar-refractivity contribution in [3.05, 3.63) is 52.6 Å². The van der Waals surface area contributed by atoms with Crippen LogP contribution in [-0.2, 0) is 11.2 Å².